The number of benzene rings is 1. The van der Waals surface area contributed by atoms with E-state index in [-0.39, 0.29) is 42.1 Å². The van der Waals surface area contributed by atoms with Gasteiger partial charge in [-0.3, -0.25) is 29.0 Å². The van der Waals surface area contributed by atoms with Crippen molar-refractivity contribution in [3.63, 3.8) is 0 Å². The molecule has 0 bridgehead atoms. The molecule has 1 aromatic rings. The van der Waals surface area contributed by atoms with Gasteiger partial charge in [0.05, 0.1) is 23.8 Å². The van der Waals surface area contributed by atoms with E-state index in [9.17, 15) is 39.6 Å². The standard InChI is InChI=1S/C27H34N4O8/c1-5-31(6-2)11-16(32)29-15-8-7-12-9-13-10-14-20(30(3)4)23(35)19(26(28)38)25(37)27(14,39)24(36)18(13)22(34)17(12)21(15)33/h7-8,13-14,20,33-34,37,39H,5-6,9-11H2,1-4H3,(H2,28,38)(H,29,32)/t13?,14?,20-,27?/m0/s1. The number of carbonyl (C=O) groups is 4. The number of nitrogens with zero attached hydrogens (tertiary/aromatic N) is 2. The van der Waals surface area contributed by atoms with Crippen LogP contribution in [0.15, 0.2) is 29.0 Å². The summed E-state index contributed by atoms with van der Waals surface area (Å²) in [5.74, 6) is -7.55. The van der Waals surface area contributed by atoms with Crippen molar-refractivity contribution >= 4 is 34.8 Å². The highest BCUT2D eigenvalue weighted by molar-refractivity contribution is 6.24. The van der Waals surface area contributed by atoms with E-state index in [0.717, 1.165) is 0 Å². The zero-order chi connectivity index (χ0) is 29.0. The van der Waals surface area contributed by atoms with E-state index in [2.05, 4.69) is 5.32 Å². The Hall–Kier alpha value is -3.74. The summed E-state index contributed by atoms with van der Waals surface area (Å²) in [7, 11) is 3.09. The lowest BCUT2D eigenvalue weighted by atomic mass is 9.57. The average molecular weight is 543 g/mol. The van der Waals surface area contributed by atoms with E-state index < -0.39 is 63.8 Å². The Morgan fingerprint density at radius 1 is 1.13 bits per heavy atom. The predicted molar refractivity (Wildman–Crippen MR) is 141 cm³/mol. The molecule has 0 aliphatic heterocycles. The SMILES string of the molecule is CCN(CC)CC(=O)Nc1ccc2c(c1O)C(O)=C1C(=O)C3(O)C(O)=C(C(N)=O)C(=O)[C@@H](N(C)C)C3CC1C2. The topological polar surface area (TPSA) is 194 Å². The van der Waals surface area contributed by atoms with Gasteiger partial charge in [0, 0.05) is 11.5 Å². The van der Waals surface area contributed by atoms with Gasteiger partial charge in [-0.15, -0.1) is 0 Å². The zero-order valence-electron chi connectivity index (χ0n) is 22.3. The Labute approximate surface area is 225 Å². The van der Waals surface area contributed by atoms with Crippen LogP contribution in [0.5, 0.6) is 5.75 Å². The molecule has 3 aliphatic rings. The third kappa shape index (κ3) is 4.28. The molecule has 0 radical (unpaired) electrons. The summed E-state index contributed by atoms with van der Waals surface area (Å²) in [5.41, 5.74) is 1.98. The van der Waals surface area contributed by atoms with Crippen LogP contribution in [0.25, 0.3) is 5.76 Å². The van der Waals surface area contributed by atoms with E-state index in [0.29, 0.717) is 18.7 Å². The fourth-order valence-electron chi connectivity index (χ4n) is 6.16. The van der Waals surface area contributed by atoms with Crippen LogP contribution in [0.1, 0.15) is 31.4 Å². The molecule has 7 N–H and O–H groups in total. The van der Waals surface area contributed by atoms with Gasteiger partial charge in [0.15, 0.2) is 11.4 Å². The summed E-state index contributed by atoms with van der Waals surface area (Å²) < 4.78 is 0. The van der Waals surface area contributed by atoms with E-state index in [1.54, 1.807) is 20.2 Å². The molecular weight excluding hydrogens is 508 g/mol. The van der Waals surface area contributed by atoms with Crippen molar-refractivity contribution in [2.75, 3.05) is 39.0 Å². The van der Waals surface area contributed by atoms with E-state index in [1.165, 1.54) is 11.0 Å². The normalized spacial score (nSPS) is 26.5. The maximum Gasteiger partial charge on any atom is 0.255 e. The minimum absolute atomic E-state index is 0.00881. The molecule has 210 valence electrons. The lowest BCUT2D eigenvalue weighted by Crippen LogP contribution is -2.65. The Morgan fingerprint density at radius 2 is 1.77 bits per heavy atom. The zero-order valence-corrected chi connectivity index (χ0v) is 22.3. The average Bonchev–Trinajstić information content (AvgIpc) is 2.86. The predicted octanol–water partition coefficient (Wildman–Crippen LogP) is 0.244. The van der Waals surface area contributed by atoms with Crippen molar-refractivity contribution in [3.8, 4) is 5.75 Å². The quantitative estimate of drug-likeness (QED) is 0.205. The number of phenolic OH excluding ortho intramolecular Hbond substituents is 1. The van der Waals surface area contributed by atoms with Crippen LogP contribution in [0, 0.1) is 11.8 Å². The van der Waals surface area contributed by atoms with Crippen LogP contribution in [0.3, 0.4) is 0 Å². The fraction of sp³-hybridized carbons (Fsp3) is 0.481. The van der Waals surface area contributed by atoms with Crippen molar-refractivity contribution in [2.24, 2.45) is 17.6 Å². The van der Waals surface area contributed by atoms with Gasteiger partial charge >= 0.3 is 0 Å². The molecule has 0 heterocycles. The maximum atomic E-state index is 13.8. The van der Waals surface area contributed by atoms with Gasteiger partial charge in [0.25, 0.3) is 5.91 Å². The smallest absolute Gasteiger partial charge is 0.255 e. The summed E-state index contributed by atoms with van der Waals surface area (Å²) in [5, 5.41) is 47.5. The number of aromatic hydroxyl groups is 1. The van der Waals surface area contributed by atoms with Crippen LogP contribution in [-0.2, 0) is 25.6 Å². The first kappa shape index (κ1) is 28.3. The Kier molecular flexibility index (Phi) is 7.32. The van der Waals surface area contributed by atoms with Crippen molar-refractivity contribution in [1.29, 1.82) is 0 Å². The second kappa shape index (κ2) is 10.1. The number of nitrogens with one attached hydrogen (secondary N) is 1. The number of hydrogen-bond donors (Lipinski definition) is 6. The number of ketones is 2. The number of aliphatic hydroxyl groups excluding tert-OH is 2. The van der Waals surface area contributed by atoms with E-state index in [4.69, 9.17) is 5.73 Å². The highest BCUT2D eigenvalue weighted by Crippen LogP contribution is 2.53. The summed E-state index contributed by atoms with van der Waals surface area (Å²) in [4.78, 5) is 54.9. The van der Waals surface area contributed by atoms with E-state index >= 15 is 0 Å². The van der Waals surface area contributed by atoms with Crippen molar-refractivity contribution < 1.29 is 39.6 Å². The first-order valence-corrected chi connectivity index (χ1v) is 12.8. The summed E-state index contributed by atoms with van der Waals surface area (Å²) in [6.45, 7) is 5.22. The molecule has 4 rings (SSSR count). The number of fused-ring (bicyclic) bond motifs is 3. The Bertz CT molecular complexity index is 1330. The van der Waals surface area contributed by atoms with Gasteiger partial charge in [0.2, 0.25) is 11.7 Å². The van der Waals surface area contributed by atoms with Gasteiger partial charge in [-0.05, 0) is 57.6 Å². The number of amides is 2. The lowest BCUT2D eigenvalue weighted by Gasteiger charge is -2.50. The monoisotopic (exact) mass is 542 g/mol. The highest BCUT2D eigenvalue weighted by atomic mass is 16.3. The molecule has 0 spiro atoms. The number of carbonyl (C=O) groups excluding carboxylic acids is 4. The van der Waals surface area contributed by atoms with Crippen LogP contribution >= 0.6 is 0 Å². The molecule has 1 saturated carbocycles. The highest BCUT2D eigenvalue weighted by Gasteiger charge is 2.64. The second-order valence-corrected chi connectivity index (χ2v) is 10.5. The number of likely N-dealkylation sites (N-methyl/N-ethyl adjacent to an activating group) is 2. The third-order valence-corrected chi connectivity index (χ3v) is 8.13. The number of hydrogen-bond acceptors (Lipinski definition) is 10. The fourth-order valence-corrected chi connectivity index (χ4v) is 6.16. The van der Waals surface area contributed by atoms with Crippen molar-refractivity contribution in [1.82, 2.24) is 9.80 Å². The molecule has 12 nitrogen and oxygen atoms in total. The molecule has 0 aromatic heterocycles. The summed E-state index contributed by atoms with van der Waals surface area (Å²) in [6.07, 6.45) is 0.185. The van der Waals surface area contributed by atoms with Gasteiger partial charge in [-0.25, -0.2) is 0 Å². The Balaban J connectivity index is 1.81. The summed E-state index contributed by atoms with van der Waals surface area (Å²) >= 11 is 0. The number of Topliss-reactive ketones (excluding diaryl/α,β-unsaturated/α-hetero) is 2. The third-order valence-electron chi connectivity index (χ3n) is 8.13. The lowest BCUT2D eigenvalue weighted by molar-refractivity contribution is -0.153. The van der Waals surface area contributed by atoms with Crippen LogP contribution in [0.4, 0.5) is 5.69 Å². The molecule has 3 unspecified atom stereocenters. The van der Waals surface area contributed by atoms with Crippen LogP contribution in [-0.4, -0.2) is 99.0 Å². The number of aliphatic hydroxyl groups is 3. The van der Waals surface area contributed by atoms with Crippen LogP contribution in [0.2, 0.25) is 0 Å². The number of phenols is 1. The molecule has 1 aromatic carbocycles. The Morgan fingerprint density at radius 3 is 2.33 bits per heavy atom. The molecule has 39 heavy (non-hydrogen) atoms. The minimum Gasteiger partial charge on any atom is -0.508 e. The largest absolute Gasteiger partial charge is 0.508 e. The van der Waals surface area contributed by atoms with Gasteiger partial charge in [0.1, 0.15) is 22.8 Å². The molecule has 0 saturated heterocycles. The molecule has 1 fully saturated rings. The first-order valence-electron chi connectivity index (χ1n) is 12.8. The number of primary amides is 1. The molecule has 4 atom stereocenters. The molecule has 2 amide bonds. The molecular formula is C27H34N4O8. The van der Waals surface area contributed by atoms with Crippen LogP contribution < -0.4 is 11.1 Å². The minimum atomic E-state index is -2.70. The molecule has 12 heteroatoms. The first-order chi connectivity index (χ1) is 18.3. The maximum absolute atomic E-state index is 13.8. The van der Waals surface area contributed by atoms with Crippen molar-refractivity contribution in [2.45, 2.75) is 38.3 Å². The number of anilines is 1. The second-order valence-electron chi connectivity index (χ2n) is 10.5. The van der Waals surface area contributed by atoms with Gasteiger partial charge in [-0.1, -0.05) is 19.9 Å². The van der Waals surface area contributed by atoms with E-state index in [1.807, 2.05) is 18.7 Å². The van der Waals surface area contributed by atoms with Crippen molar-refractivity contribution in [3.05, 3.63) is 40.2 Å². The number of rotatable bonds is 7. The van der Waals surface area contributed by atoms with Gasteiger partial charge < -0.3 is 31.5 Å². The number of nitrogens with two attached hydrogens (primary N) is 1. The summed E-state index contributed by atoms with van der Waals surface area (Å²) in [6, 6.07) is 1.99. The van der Waals surface area contributed by atoms with Gasteiger partial charge in [-0.2, -0.15) is 0 Å². The molecule has 3 aliphatic carbocycles.